The van der Waals surface area contributed by atoms with Gasteiger partial charge < -0.3 is 19.5 Å². The molecule has 5 aromatic rings. The second kappa shape index (κ2) is 8.47. The second-order valence-electron chi connectivity index (χ2n) is 7.08. The van der Waals surface area contributed by atoms with Crippen molar-refractivity contribution in [1.82, 2.24) is 19.3 Å². The van der Waals surface area contributed by atoms with Crippen LogP contribution >= 0.6 is 11.3 Å². The van der Waals surface area contributed by atoms with E-state index in [9.17, 15) is 14.7 Å². The van der Waals surface area contributed by atoms with Crippen LogP contribution in [0.2, 0.25) is 0 Å². The first kappa shape index (κ1) is 21.6. The summed E-state index contributed by atoms with van der Waals surface area (Å²) in [6, 6.07) is 15.9. The molecule has 0 unspecified atom stereocenters. The minimum atomic E-state index is -0.278. The van der Waals surface area contributed by atoms with Crippen LogP contribution in [-0.2, 0) is 13.0 Å². The molecule has 0 fully saturated rings. The Hall–Kier alpha value is -2.65. The van der Waals surface area contributed by atoms with Crippen LogP contribution in [-0.4, -0.2) is 19.3 Å². The van der Waals surface area contributed by atoms with Crippen LogP contribution in [0.15, 0.2) is 64.2 Å². The quantitative estimate of drug-likeness (QED) is 0.397. The molecule has 3 heterocycles. The van der Waals surface area contributed by atoms with Crippen LogP contribution in [0.5, 0.6) is 5.75 Å². The SMILES string of the molecule is Cc1c2c(=O)n(-c3nc4ccccc4s3)[n-]c2cc(=O)n1CCc1ccc(O)cc1.[Na+]. The van der Waals surface area contributed by atoms with E-state index in [1.807, 2.05) is 36.4 Å². The molecule has 150 valence electrons. The number of aryl methyl sites for hydroxylation is 2. The number of aromatic nitrogens is 4. The molecule has 0 saturated carbocycles. The Kier molecular flexibility index (Phi) is 5.90. The fourth-order valence-electron chi connectivity index (χ4n) is 3.62. The van der Waals surface area contributed by atoms with Crippen molar-refractivity contribution in [3.8, 4) is 10.9 Å². The van der Waals surface area contributed by atoms with E-state index >= 15 is 0 Å². The van der Waals surface area contributed by atoms with Gasteiger partial charge >= 0.3 is 29.6 Å². The van der Waals surface area contributed by atoms with E-state index in [0.717, 1.165) is 15.8 Å². The van der Waals surface area contributed by atoms with Gasteiger partial charge in [-0.25, -0.2) is 4.98 Å². The third-order valence-corrected chi connectivity index (χ3v) is 6.20. The first-order valence-corrected chi connectivity index (χ1v) is 10.3. The third kappa shape index (κ3) is 3.87. The van der Waals surface area contributed by atoms with Gasteiger partial charge in [-0.05, 0) is 49.2 Å². The average molecular weight is 440 g/mol. The standard InChI is InChI=1S/C22H18N4O3S.Na/c1-13-20-17(12-19(28)25(13)11-10-14-6-8-15(27)9-7-14)24-26(21(20)29)22-23-16-4-2-3-5-18(16)30-22;/h2-9,12H,10-11H2,1H3,(H2,24,27,28);/q;+1/p-1. The van der Waals surface area contributed by atoms with Crippen LogP contribution in [0.3, 0.4) is 0 Å². The van der Waals surface area contributed by atoms with E-state index in [1.165, 1.54) is 22.1 Å². The summed E-state index contributed by atoms with van der Waals surface area (Å²) in [6.45, 7) is 2.20. The molecule has 3 aromatic heterocycles. The Labute approximate surface area is 202 Å². The fraction of sp³-hybridized carbons (Fsp3) is 0.136. The molecule has 0 radical (unpaired) electrons. The molecule has 1 N–H and O–H groups in total. The number of phenols is 1. The van der Waals surface area contributed by atoms with E-state index in [1.54, 1.807) is 23.6 Å². The van der Waals surface area contributed by atoms with Crippen molar-refractivity contribution < 1.29 is 34.7 Å². The summed E-state index contributed by atoms with van der Waals surface area (Å²) in [6.07, 6.45) is 0.604. The fourth-order valence-corrected chi connectivity index (χ4v) is 4.53. The molecule has 31 heavy (non-hydrogen) atoms. The number of thiazole rings is 1. The second-order valence-corrected chi connectivity index (χ2v) is 8.09. The molecule has 0 bridgehead atoms. The number of pyridine rings is 1. The van der Waals surface area contributed by atoms with E-state index < -0.39 is 0 Å². The number of hydrogen-bond acceptors (Lipinski definition) is 5. The predicted octanol–water partition coefficient (Wildman–Crippen LogP) is -0.0200. The molecule has 0 aliphatic heterocycles. The number of rotatable bonds is 4. The Bertz CT molecular complexity index is 1480. The smallest absolute Gasteiger partial charge is 0.585 e. The molecule has 0 aliphatic rings. The van der Waals surface area contributed by atoms with Gasteiger partial charge in [-0.2, -0.15) is 0 Å². The number of hydrogen-bond donors (Lipinski definition) is 1. The number of nitrogens with zero attached hydrogens (tertiary/aromatic N) is 4. The first-order chi connectivity index (χ1) is 14.5. The number of fused-ring (bicyclic) bond motifs is 2. The number of para-hydroxylation sites is 1. The maximum atomic E-state index is 13.1. The van der Waals surface area contributed by atoms with Gasteiger partial charge in [0.2, 0.25) is 11.1 Å². The monoisotopic (exact) mass is 440 g/mol. The zero-order valence-electron chi connectivity index (χ0n) is 17.1. The molecule has 0 aliphatic carbocycles. The normalized spacial score (nSPS) is 11.1. The summed E-state index contributed by atoms with van der Waals surface area (Å²) < 4.78 is 3.85. The van der Waals surface area contributed by atoms with Gasteiger partial charge in [-0.15, -0.1) is 5.52 Å². The molecular weight excluding hydrogens is 423 g/mol. The van der Waals surface area contributed by atoms with E-state index in [0.29, 0.717) is 34.7 Å². The summed E-state index contributed by atoms with van der Waals surface area (Å²) >= 11 is 1.39. The summed E-state index contributed by atoms with van der Waals surface area (Å²) in [5.41, 5.74) is 2.29. The Morgan fingerprint density at radius 1 is 1.10 bits per heavy atom. The van der Waals surface area contributed by atoms with Crippen LogP contribution in [0, 0.1) is 6.92 Å². The minimum Gasteiger partial charge on any atom is -0.585 e. The first-order valence-electron chi connectivity index (χ1n) is 9.45. The molecule has 7 nitrogen and oxygen atoms in total. The van der Waals surface area contributed by atoms with Gasteiger partial charge in [0.25, 0.3) is 0 Å². The van der Waals surface area contributed by atoms with Crippen molar-refractivity contribution in [2.45, 2.75) is 19.9 Å². The van der Waals surface area contributed by atoms with Crippen molar-refractivity contribution in [2.24, 2.45) is 0 Å². The van der Waals surface area contributed by atoms with Crippen molar-refractivity contribution >= 4 is 32.5 Å². The summed E-state index contributed by atoms with van der Waals surface area (Å²) in [4.78, 5) is 30.3. The van der Waals surface area contributed by atoms with Gasteiger partial charge in [-0.1, -0.05) is 35.6 Å². The largest absolute Gasteiger partial charge is 1.00 e. The Morgan fingerprint density at radius 3 is 2.58 bits per heavy atom. The molecule has 2 aromatic carbocycles. The molecule has 5 rings (SSSR count). The van der Waals surface area contributed by atoms with Crippen molar-refractivity contribution in [3.63, 3.8) is 0 Å². The summed E-state index contributed by atoms with van der Waals surface area (Å²) in [7, 11) is 0. The van der Waals surface area contributed by atoms with Gasteiger partial charge in [0.05, 0.1) is 10.2 Å². The number of benzene rings is 2. The van der Waals surface area contributed by atoms with Gasteiger partial charge in [-0.3, -0.25) is 9.59 Å². The minimum absolute atomic E-state index is 0. The van der Waals surface area contributed by atoms with E-state index in [2.05, 4.69) is 10.1 Å². The van der Waals surface area contributed by atoms with Gasteiger partial charge in [0, 0.05) is 17.6 Å². The molecule has 0 amide bonds. The zero-order chi connectivity index (χ0) is 20.8. The molecule has 0 atom stereocenters. The summed E-state index contributed by atoms with van der Waals surface area (Å²) in [5, 5.41) is 14.7. The van der Waals surface area contributed by atoms with Crippen LogP contribution < -0.4 is 45.8 Å². The maximum absolute atomic E-state index is 13.1. The van der Waals surface area contributed by atoms with Crippen molar-refractivity contribution in [1.29, 1.82) is 0 Å². The van der Waals surface area contributed by atoms with Crippen LogP contribution in [0.25, 0.3) is 26.3 Å². The van der Waals surface area contributed by atoms with E-state index in [4.69, 9.17) is 0 Å². The van der Waals surface area contributed by atoms with E-state index in [-0.39, 0.29) is 46.4 Å². The van der Waals surface area contributed by atoms with Crippen molar-refractivity contribution in [3.05, 3.63) is 86.6 Å². The summed E-state index contributed by atoms with van der Waals surface area (Å²) in [5.74, 6) is 0.201. The molecule has 0 spiro atoms. The Morgan fingerprint density at radius 2 is 1.84 bits per heavy atom. The average Bonchev–Trinajstić information content (AvgIpc) is 3.30. The topological polar surface area (TPSA) is 91.2 Å². The third-order valence-electron chi connectivity index (χ3n) is 5.19. The Balaban J connectivity index is 0.00000231. The van der Waals surface area contributed by atoms with Crippen LogP contribution in [0.1, 0.15) is 11.3 Å². The maximum Gasteiger partial charge on any atom is 1.00 e. The van der Waals surface area contributed by atoms with Gasteiger partial charge in [0.15, 0.2) is 5.13 Å². The van der Waals surface area contributed by atoms with Crippen LogP contribution in [0.4, 0.5) is 0 Å². The van der Waals surface area contributed by atoms with Gasteiger partial charge in [0.1, 0.15) is 5.75 Å². The van der Waals surface area contributed by atoms with Crippen molar-refractivity contribution in [2.75, 3.05) is 0 Å². The predicted molar refractivity (Wildman–Crippen MR) is 117 cm³/mol. The molecule has 0 saturated heterocycles. The molecule has 9 heteroatoms. The number of phenolic OH excluding ortho intramolecular Hbond substituents is 1. The molecular formula is C22H17N4NaO3S. The number of aromatic hydroxyl groups is 1. The zero-order valence-corrected chi connectivity index (χ0v) is 19.9.